The van der Waals surface area contributed by atoms with Crippen molar-refractivity contribution in [2.45, 2.75) is 33.1 Å². The van der Waals surface area contributed by atoms with E-state index in [0.29, 0.717) is 24.5 Å². The first kappa shape index (κ1) is 15.4. The molecule has 1 rings (SSSR count). The molecule has 7 nitrogen and oxygen atoms in total. The second kappa shape index (κ2) is 7.08. The highest BCUT2D eigenvalue weighted by Crippen LogP contribution is 2.28. The molecule has 1 atom stereocenters. The number of nitrogens with zero attached hydrogens (tertiary/aromatic N) is 3. The molecule has 0 aromatic carbocycles. The summed E-state index contributed by atoms with van der Waals surface area (Å²) in [6, 6.07) is 0. The topological polar surface area (TPSA) is 93.2 Å². The number of nitrogens with one attached hydrogen (secondary N) is 1. The first-order chi connectivity index (χ1) is 9.01. The van der Waals surface area contributed by atoms with Gasteiger partial charge in [0.05, 0.1) is 4.92 Å². The van der Waals surface area contributed by atoms with E-state index in [1.807, 2.05) is 13.8 Å². The fourth-order valence-corrected chi connectivity index (χ4v) is 1.95. The SMILES string of the molecule is CCc1nn(C)c(NCCCC(C)CO)c1[N+](=O)[O-]. The number of hydrogen-bond donors (Lipinski definition) is 2. The molecule has 1 heterocycles. The molecule has 1 unspecified atom stereocenters. The number of aliphatic hydroxyl groups excluding tert-OH is 1. The minimum atomic E-state index is -0.384. The summed E-state index contributed by atoms with van der Waals surface area (Å²) in [6.45, 7) is 4.63. The molecule has 108 valence electrons. The fraction of sp³-hybridized carbons (Fsp3) is 0.750. The first-order valence-corrected chi connectivity index (χ1v) is 6.56. The van der Waals surface area contributed by atoms with E-state index >= 15 is 0 Å². The van der Waals surface area contributed by atoms with Gasteiger partial charge in [0.25, 0.3) is 0 Å². The van der Waals surface area contributed by atoms with Crippen LogP contribution in [0, 0.1) is 16.0 Å². The Bertz CT molecular complexity index is 431. The Morgan fingerprint density at radius 3 is 2.79 bits per heavy atom. The zero-order chi connectivity index (χ0) is 14.4. The van der Waals surface area contributed by atoms with E-state index in [4.69, 9.17) is 5.11 Å². The van der Waals surface area contributed by atoms with Gasteiger partial charge < -0.3 is 10.4 Å². The molecule has 7 heteroatoms. The zero-order valence-electron chi connectivity index (χ0n) is 11.7. The van der Waals surface area contributed by atoms with Gasteiger partial charge in [-0.15, -0.1) is 0 Å². The third-order valence-corrected chi connectivity index (χ3v) is 3.09. The van der Waals surface area contributed by atoms with E-state index < -0.39 is 0 Å². The summed E-state index contributed by atoms with van der Waals surface area (Å²) in [6.07, 6.45) is 2.27. The maximum Gasteiger partial charge on any atom is 0.333 e. The Labute approximate surface area is 112 Å². The molecule has 2 N–H and O–H groups in total. The van der Waals surface area contributed by atoms with Crippen LogP contribution in [0.2, 0.25) is 0 Å². The van der Waals surface area contributed by atoms with Crippen molar-refractivity contribution in [3.05, 3.63) is 15.8 Å². The lowest BCUT2D eigenvalue weighted by Gasteiger charge is -2.09. The van der Waals surface area contributed by atoms with Gasteiger partial charge in [-0.2, -0.15) is 5.10 Å². The van der Waals surface area contributed by atoms with Crippen LogP contribution in [0.25, 0.3) is 0 Å². The van der Waals surface area contributed by atoms with Gasteiger partial charge in [0.15, 0.2) is 0 Å². The summed E-state index contributed by atoms with van der Waals surface area (Å²) in [5.41, 5.74) is 0.568. The number of hydrogen-bond acceptors (Lipinski definition) is 5. The quantitative estimate of drug-likeness (QED) is 0.426. The predicted octanol–water partition coefficient (Wildman–Crippen LogP) is 1.71. The Balaban J connectivity index is 2.67. The molecular formula is C12H22N4O3. The predicted molar refractivity (Wildman–Crippen MR) is 73.2 cm³/mol. The lowest BCUT2D eigenvalue weighted by molar-refractivity contribution is -0.384. The standard InChI is InChI=1S/C12H22N4O3/c1-4-10-11(16(18)19)12(15(3)14-10)13-7-5-6-9(2)8-17/h9,13,17H,4-8H2,1-3H3. The highest BCUT2D eigenvalue weighted by atomic mass is 16.6. The highest BCUT2D eigenvalue weighted by Gasteiger charge is 2.25. The molecule has 0 amide bonds. The zero-order valence-corrected chi connectivity index (χ0v) is 11.7. The highest BCUT2D eigenvalue weighted by molar-refractivity contribution is 5.59. The molecule has 0 aliphatic carbocycles. The number of nitro groups is 1. The summed E-state index contributed by atoms with van der Waals surface area (Å²) in [5, 5.41) is 27.2. The molecule has 0 aliphatic heterocycles. The lowest BCUT2D eigenvalue weighted by atomic mass is 10.1. The van der Waals surface area contributed by atoms with Gasteiger partial charge in [0.1, 0.15) is 5.69 Å². The van der Waals surface area contributed by atoms with Crippen molar-refractivity contribution < 1.29 is 10.0 Å². The van der Waals surface area contributed by atoms with Crippen molar-refractivity contribution in [1.82, 2.24) is 9.78 Å². The van der Waals surface area contributed by atoms with Crippen molar-refractivity contribution in [2.24, 2.45) is 13.0 Å². The largest absolute Gasteiger partial charge is 0.396 e. The average molecular weight is 270 g/mol. The minimum absolute atomic E-state index is 0.0696. The van der Waals surface area contributed by atoms with Crippen LogP contribution >= 0.6 is 0 Å². The summed E-state index contributed by atoms with van der Waals surface area (Å²) in [7, 11) is 1.70. The monoisotopic (exact) mass is 270 g/mol. The molecule has 0 spiro atoms. The van der Waals surface area contributed by atoms with Crippen molar-refractivity contribution in [3.8, 4) is 0 Å². The lowest BCUT2D eigenvalue weighted by Crippen LogP contribution is -2.10. The third kappa shape index (κ3) is 3.92. The molecule has 1 aromatic heterocycles. The van der Waals surface area contributed by atoms with Crippen LogP contribution in [0.15, 0.2) is 0 Å². The molecule has 0 radical (unpaired) electrons. The molecule has 0 bridgehead atoms. The third-order valence-electron chi connectivity index (χ3n) is 3.09. The number of aromatic nitrogens is 2. The first-order valence-electron chi connectivity index (χ1n) is 6.56. The molecular weight excluding hydrogens is 248 g/mol. The summed E-state index contributed by atoms with van der Waals surface area (Å²) >= 11 is 0. The second-order valence-corrected chi connectivity index (χ2v) is 4.73. The molecule has 0 saturated carbocycles. The maximum absolute atomic E-state index is 11.1. The number of anilines is 1. The van der Waals surface area contributed by atoms with E-state index in [1.165, 1.54) is 4.68 Å². The van der Waals surface area contributed by atoms with Crippen LogP contribution in [-0.4, -0.2) is 33.0 Å². The number of rotatable bonds is 8. The van der Waals surface area contributed by atoms with Crippen LogP contribution in [0.1, 0.15) is 32.4 Å². The number of aryl methyl sites for hydroxylation is 2. The van der Waals surface area contributed by atoms with Gasteiger partial charge >= 0.3 is 5.69 Å². The van der Waals surface area contributed by atoms with Crippen molar-refractivity contribution in [3.63, 3.8) is 0 Å². The van der Waals surface area contributed by atoms with Crippen LogP contribution in [0.4, 0.5) is 11.5 Å². The smallest absolute Gasteiger partial charge is 0.333 e. The van der Waals surface area contributed by atoms with Gasteiger partial charge in [0, 0.05) is 20.2 Å². The average Bonchev–Trinajstić information content (AvgIpc) is 2.70. The Morgan fingerprint density at radius 2 is 2.26 bits per heavy atom. The van der Waals surface area contributed by atoms with Gasteiger partial charge in [-0.3, -0.25) is 10.1 Å². The van der Waals surface area contributed by atoms with Crippen LogP contribution in [0.3, 0.4) is 0 Å². The summed E-state index contributed by atoms with van der Waals surface area (Å²) in [4.78, 5) is 10.7. The minimum Gasteiger partial charge on any atom is -0.396 e. The van der Waals surface area contributed by atoms with E-state index in [-0.39, 0.29) is 23.1 Å². The Morgan fingerprint density at radius 1 is 1.58 bits per heavy atom. The van der Waals surface area contributed by atoms with Gasteiger partial charge in [0.2, 0.25) is 5.82 Å². The molecule has 0 fully saturated rings. The maximum atomic E-state index is 11.1. The van der Waals surface area contributed by atoms with E-state index in [0.717, 1.165) is 12.8 Å². The van der Waals surface area contributed by atoms with Crippen LogP contribution < -0.4 is 5.32 Å². The Kier molecular flexibility index (Phi) is 5.75. The molecule has 0 aliphatic rings. The number of aliphatic hydroxyl groups is 1. The van der Waals surface area contributed by atoms with Crippen molar-refractivity contribution >= 4 is 11.5 Å². The Hall–Kier alpha value is -1.63. The second-order valence-electron chi connectivity index (χ2n) is 4.73. The van der Waals surface area contributed by atoms with Crippen molar-refractivity contribution in [2.75, 3.05) is 18.5 Å². The summed E-state index contributed by atoms with van der Waals surface area (Å²) < 4.78 is 1.52. The van der Waals surface area contributed by atoms with Crippen molar-refractivity contribution in [1.29, 1.82) is 0 Å². The summed E-state index contributed by atoms with van der Waals surface area (Å²) in [5.74, 6) is 0.716. The fourth-order valence-electron chi connectivity index (χ4n) is 1.95. The van der Waals surface area contributed by atoms with Crippen LogP contribution in [0.5, 0.6) is 0 Å². The van der Waals surface area contributed by atoms with Crippen LogP contribution in [-0.2, 0) is 13.5 Å². The molecule has 19 heavy (non-hydrogen) atoms. The van der Waals surface area contributed by atoms with E-state index in [2.05, 4.69) is 10.4 Å². The normalized spacial score (nSPS) is 12.4. The molecule has 1 aromatic rings. The molecule has 0 saturated heterocycles. The van der Waals surface area contributed by atoms with Gasteiger partial charge in [-0.05, 0) is 25.2 Å². The van der Waals surface area contributed by atoms with Gasteiger partial charge in [-0.1, -0.05) is 13.8 Å². The van der Waals surface area contributed by atoms with E-state index in [1.54, 1.807) is 7.05 Å². The van der Waals surface area contributed by atoms with Gasteiger partial charge in [-0.25, -0.2) is 4.68 Å². The van der Waals surface area contributed by atoms with E-state index in [9.17, 15) is 10.1 Å².